The summed E-state index contributed by atoms with van der Waals surface area (Å²) in [6.07, 6.45) is -0.271. The number of halogens is 3. The van der Waals surface area contributed by atoms with E-state index in [0.717, 1.165) is 51.2 Å². The number of benzene rings is 1. The quantitative estimate of drug-likeness (QED) is 0.462. The molecule has 38 heavy (non-hydrogen) atoms. The lowest BCUT2D eigenvalue weighted by Gasteiger charge is -2.49. The van der Waals surface area contributed by atoms with E-state index in [2.05, 4.69) is 25.2 Å². The van der Waals surface area contributed by atoms with Crippen LogP contribution in [0.2, 0.25) is 0 Å². The Bertz CT molecular complexity index is 1330. The van der Waals surface area contributed by atoms with Gasteiger partial charge in [-0.25, -0.2) is 4.68 Å². The lowest BCUT2D eigenvalue weighted by atomic mass is 9.77. The normalized spacial score (nSPS) is 26.3. The molecule has 1 aliphatic carbocycles. The van der Waals surface area contributed by atoms with Crippen LogP contribution in [0.15, 0.2) is 30.5 Å². The van der Waals surface area contributed by atoms with E-state index < -0.39 is 22.9 Å². The molecule has 9 nitrogen and oxygen atoms in total. The third kappa shape index (κ3) is 4.80. The molecule has 2 saturated heterocycles. The van der Waals surface area contributed by atoms with E-state index in [0.29, 0.717) is 41.7 Å². The van der Waals surface area contributed by atoms with Gasteiger partial charge in [-0.3, -0.25) is 4.90 Å². The highest BCUT2D eigenvalue weighted by molar-refractivity contribution is 5.89. The molecule has 6 rings (SSSR count). The highest BCUT2D eigenvalue weighted by atomic mass is 19.4. The summed E-state index contributed by atoms with van der Waals surface area (Å²) in [6.45, 7) is 6.84. The molecule has 0 spiro atoms. The van der Waals surface area contributed by atoms with E-state index >= 15 is 0 Å². The van der Waals surface area contributed by atoms with Gasteiger partial charge in [0.2, 0.25) is 5.95 Å². The maximum atomic E-state index is 13.4. The van der Waals surface area contributed by atoms with Crippen LogP contribution in [-0.2, 0) is 6.18 Å². The van der Waals surface area contributed by atoms with Gasteiger partial charge < -0.3 is 20.4 Å². The predicted octanol–water partition coefficient (Wildman–Crippen LogP) is 3.20. The number of anilines is 2. The molecule has 0 amide bonds. The second-order valence-corrected chi connectivity index (χ2v) is 11.6. The van der Waals surface area contributed by atoms with Crippen molar-refractivity contribution < 1.29 is 23.4 Å². The second kappa shape index (κ2) is 8.78. The lowest BCUT2D eigenvalue weighted by molar-refractivity contribution is -0.137. The molecule has 4 heterocycles. The minimum absolute atomic E-state index is 0.00510. The molecule has 3 aromatic rings. The van der Waals surface area contributed by atoms with E-state index in [1.54, 1.807) is 19.2 Å². The smallest absolute Gasteiger partial charge is 0.390 e. The van der Waals surface area contributed by atoms with Crippen molar-refractivity contribution in [3.63, 3.8) is 0 Å². The number of likely N-dealkylation sites (tertiary alicyclic amines) is 1. The molecule has 3 aliphatic rings. The molecule has 2 aliphatic heterocycles. The Morgan fingerprint density at radius 3 is 2.39 bits per heavy atom. The molecule has 3 fully saturated rings. The molecule has 2 aromatic heterocycles. The summed E-state index contributed by atoms with van der Waals surface area (Å²) in [5, 5.41) is 28.8. The first-order valence-corrected chi connectivity index (χ1v) is 13.0. The van der Waals surface area contributed by atoms with E-state index in [9.17, 15) is 23.4 Å². The van der Waals surface area contributed by atoms with Crippen LogP contribution < -0.4 is 10.2 Å². The van der Waals surface area contributed by atoms with Gasteiger partial charge in [0.05, 0.1) is 34.0 Å². The molecule has 3 N–H and O–H groups in total. The fourth-order valence-electron chi connectivity index (χ4n) is 5.72. The third-order valence-electron chi connectivity index (χ3n) is 8.09. The van der Waals surface area contributed by atoms with Crippen LogP contribution >= 0.6 is 0 Å². The summed E-state index contributed by atoms with van der Waals surface area (Å²) in [5.74, 6) is 1.04. The summed E-state index contributed by atoms with van der Waals surface area (Å²) in [4.78, 5) is 14.0. The average Bonchev–Trinajstić information content (AvgIpc) is 3.21. The topological polar surface area (TPSA) is 103 Å². The fourth-order valence-corrected chi connectivity index (χ4v) is 5.72. The zero-order valence-corrected chi connectivity index (χ0v) is 21.4. The molecular weight excluding hydrogens is 499 g/mol. The Kier molecular flexibility index (Phi) is 5.85. The number of aliphatic hydroxyl groups is 2. The van der Waals surface area contributed by atoms with E-state index in [4.69, 9.17) is 4.98 Å². The highest BCUT2D eigenvalue weighted by Gasteiger charge is 2.40. The Morgan fingerprint density at radius 1 is 1.03 bits per heavy atom. The van der Waals surface area contributed by atoms with Gasteiger partial charge in [0, 0.05) is 38.3 Å². The number of nitrogens with zero attached hydrogens (tertiary/aromatic N) is 6. The van der Waals surface area contributed by atoms with Gasteiger partial charge in [0.15, 0.2) is 5.65 Å². The molecule has 12 heteroatoms. The first-order valence-electron chi connectivity index (χ1n) is 13.0. The van der Waals surface area contributed by atoms with Gasteiger partial charge in [0.25, 0.3) is 0 Å². The first kappa shape index (κ1) is 25.3. The largest absolute Gasteiger partial charge is 0.416 e. The molecular formula is C26H32F3N7O2. The number of hydrogen-bond acceptors (Lipinski definition) is 8. The van der Waals surface area contributed by atoms with E-state index in [1.807, 2.05) is 6.92 Å². The van der Waals surface area contributed by atoms with Gasteiger partial charge in [-0.2, -0.15) is 28.2 Å². The van der Waals surface area contributed by atoms with Crippen LogP contribution in [0.25, 0.3) is 16.7 Å². The van der Waals surface area contributed by atoms with Crippen LogP contribution in [-0.4, -0.2) is 84.3 Å². The van der Waals surface area contributed by atoms with Crippen molar-refractivity contribution in [1.82, 2.24) is 24.6 Å². The van der Waals surface area contributed by atoms with Crippen LogP contribution in [0.4, 0.5) is 24.9 Å². The maximum absolute atomic E-state index is 13.4. The van der Waals surface area contributed by atoms with Crippen molar-refractivity contribution >= 4 is 22.8 Å². The first-order chi connectivity index (χ1) is 17.9. The third-order valence-corrected chi connectivity index (χ3v) is 8.09. The lowest BCUT2D eigenvalue weighted by Crippen LogP contribution is -2.62. The Balaban J connectivity index is 1.31. The SMILES string of the molecule is CC1(O)CCN(C2CN(c3nc(NC4CC(C)(O)C4)nc4c3cnn4-c3cccc(C(F)(F)F)c3)C2)CC1. The number of aromatic nitrogens is 4. The Hall–Kier alpha value is -2.96. The highest BCUT2D eigenvalue weighted by Crippen LogP contribution is 2.37. The van der Waals surface area contributed by atoms with Gasteiger partial charge in [-0.1, -0.05) is 6.07 Å². The van der Waals surface area contributed by atoms with Gasteiger partial charge in [0.1, 0.15) is 5.82 Å². The van der Waals surface area contributed by atoms with Crippen molar-refractivity contribution in [2.45, 2.75) is 69.0 Å². The number of nitrogens with one attached hydrogen (secondary N) is 1. The number of piperidine rings is 1. The number of alkyl halides is 3. The molecule has 0 unspecified atom stereocenters. The van der Waals surface area contributed by atoms with Gasteiger partial charge in [-0.05, 0) is 57.7 Å². The molecule has 0 radical (unpaired) electrons. The van der Waals surface area contributed by atoms with Crippen LogP contribution in [0.1, 0.15) is 45.1 Å². The second-order valence-electron chi connectivity index (χ2n) is 11.6. The van der Waals surface area contributed by atoms with Crippen LogP contribution in [0.3, 0.4) is 0 Å². The maximum Gasteiger partial charge on any atom is 0.416 e. The Labute approximate surface area is 218 Å². The van der Waals surface area contributed by atoms with Gasteiger partial charge in [-0.15, -0.1) is 0 Å². The van der Waals surface area contributed by atoms with Crippen molar-refractivity contribution in [3.05, 3.63) is 36.0 Å². The molecule has 204 valence electrons. The zero-order valence-electron chi connectivity index (χ0n) is 21.4. The molecule has 1 aromatic carbocycles. The minimum Gasteiger partial charge on any atom is -0.390 e. The summed E-state index contributed by atoms with van der Waals surface area (Å²) in [6, 6.07) is 5.38. The summed E-state index contributed by atoms with van der Waals surface area (Å²) >= 11 is 0. The number of hydrogen-bond donors (Lipinski definition) is 3. The van der Waals surface area contributed by atoms with Crippen LogP contribution in [0.5, 0.6) is 0 Å². The molecule has 0 atom stereocenters. The molecule has 0 bridgehead atoms. The molecule has 1 saturated carbocycles. The van der Waals surface area contributed by atoms with Crippen LogP contribution in [0, 0.1) is 0 Å². The zero-order chi connectivity index (χ0) is 26.9. The summed E-state index contributed by atoms with van der Waals surface area (Å²) in [5.41, 5.74) is -1.41. The monoisotopic (exact) mass is 531 g/mol. The van der Waals surface area contributed by atoms with E-state index in [1.165, 1.54) is 10.7 Å². The van der Waals surface area contributed by atoms with Crippen molar-refractivity contribution in [1.29, 1.82) is 0 Å². The number of fused-ring (bicyclic) bond motifs is 1. The van der Waals surface area contributed by atoms with Crippen molar-refractivity contribution in [2.24, 2.45) is 0 Å². The fraction of sp³-hybridized carbons (Fsp3) is 0.577. The average molecular weight is 532 g/mol. The van der Waals surface area contributed by atoms with E-state index in [-0.39, 0.29) is 11.7 Å². The van der Waals surface area contributed by atoms with Crippen molar-refractivity contribution in [3.8, 4) is 5.69 Å². The van der Waals surface area contributed by atoms with Crippen molar-refractivity contribution in [2.75, 3.05) is 36.4 Å². The standard InChI is InChI=1S/C26H32F3N7O2/c1-24(37)6-8-34(9-7-24)19-14-35(15-19)21-20-13-30-36(18-5-3-4-16(10-18)26(27,28)29)22(20)33-23(32-21)31-17-11-25(2,38)12-17/h3-5,10,13,17,19,37-38H,6-9,11-12,14-15H2,1-2H3,(H,31,32,33). The number of rotatable bonds is 5. The summed E-state index contributed by atoms with van der Waals surface area (Å²) in [7, 11) is 0. The van der Waals surface area contributed by atoms with Gasteiger partial charge >= 0.3 is 6.18 Å². The Morgan fingerprint density at radius 2 is 1.74 bits per heavy atom. The predicted molar refractivity (Wildman–Crippen MR) is 136 cm³/mol. The summed E-state index contributed by atoms with van der Waals surface area (Å²) < 4.78 is 41.6. The minimum atomic E-state index is -4.47.